The summed E-state index contributed by atoms with van der Waals surface area (Å²) in [6, 6.07) is 11.5. The van der Waals surface area contributed by atoms with Gasteiger partial charge in [0.1, 0.15) is 17.2 Å². The van der Waals surface area contributed by atoms with Gasteiger partial charge in [0.25, 0.3) is 11.6 Å². The Morgan fingerprint density at radius 3 is 2.69 bits per heavy atom. The summed E-state index contributed by atoms with van der Waals surface area (Å²) in [5.41, 5.74) is 0.426. The highest BCUT2D eigenvalue weighted by molar-refractivity contribution is 6.10. The summed E-state index contributed by atoms with van der Waals surface area (Å²) in [4.78, 5) is 43.2. The molecule has 4 aromatic rings. The third-order valence-corrected chi connectivity index (χ3v) is 5.38. The molecule has 0 aliphatic carbocycles. The van der Waals surface area contributed by atoms with E-state index in [1.54, 1.807) is 18.2 Å². The predicted octanol–water partition coefficient (Wildman–Crippen LogP) is 4.29. The summed E-state index contributed by atoms with van der Waals surface area (Å²) in [5.74, 6) is -1.18. The summed E-state index contributed by atoms with van der Waals surface area (Å²) in [7, 11) is 0. The molecule has 3 heterocycles. The van der Waals surface area contributed by atoms with Crippen LogP contribution in [-0.4, -0.2) is 15.8 Å². The topological polar surface area (TPSA) is 107 Å². The lowest BCUT2D eigenvalue weighted by Gasteiger charge is -2.24. The van der Waals surface area contributed by atoms with Crippen LogP contribution in [0, 0.1) is 22.9 Å². The molecule has 9 heteroatoms. The molecular weight excluding hydrogens is 417 g/mol. The number of nitrogens with zero attached hydrogens (tertiary/aromatic N) is 3. The van der Waals surface area contributed by atoms with Crippen molar-refractivity contribution in [1.29, 1.82) is 0 Å². The number of benzene rings is 2. The predicted molar refractivity (Wildman–Crippen MR) is 113 cm³/mol. The number of halogens is 1. The van der Waals surface area contributed by atoms with Gasteiger partial charge in [0.2, 0.25) is 5.76 Å². The molecule has 0 radical (unpaired) electrons. The van der Waals surface area contributed by atoms with Crippen molar-refractivity contribution in [2.75, 3.05) is 4.90 Å². The lowest BCUT2D eigenvalue weighted by molar-refractivity contribution is -0.384. The number of carbonyl (C=O) groups is 1. The second kappa shape index (κ2) is 7.09. The van der Waals surface area contributed by atoms with Crippen molar-refractivity contribution >= 4 is 28.4 Å². The molecule has 1 atom stereocenters. The van der Waals surface area contributed by atoms with Crippen molar-refractivity contribution in [2.45, 2.75) is 13.0 Å². The van der Waals surface area contributed by atoms with Crippen LogP contribution in [0.5, 0.6) is 0 Å². The summed E-state index contributed by atoms with van der Waals surface area (Å²) < 4.78 is 19.6. The van der Waals surface area contributed by atoms with Crippen molar-refractivity contribution < 1.29 is 18.5 Å². The maximum atomic E-state index is 13.9. The van der Waals surface area contributed by atoms with Gasteiger partial charge >= 0.3 is 0 Å². The maximum Gasteiger partial charge on any atom is 0.296 e. The third kappa shape index (κ3) is 2.94. The smallest absolute Gasteiger partial charge is 0.296 e. The molecule has 0 saturated carbocycles. The minimum atomic E-state index is -1.03. The first kappa shape index (κ1) is 19.6. The number of pyridine rings is 1. The molecule has 0 bridgehead atoms. The van der Waals surface area contributed by atoms with Gasteiger partial charge in [0.05, 0.1) is 21.9 Å². The van der Waals surface area contributed by atoms with Crippen LogP contribution in [0.3, 0.4) is 0 Å². The van der Waals surface area contributed by atoms with Crippen molar-refractivity contribution in [2.24, 2.45) is 0 Å². The fourth-order valence-electron chi connectivity index (χ4n) is 3.96. The lowest BCUT2D eigenvalue weighted by atomic mass is 9.98. The molecule has 0 fully saturated rings. The third-order valence-electron chi connectivity index (χ3n) is 5.38. The molecule has 0 spiro atoms. The van der Waals surface area contributed by atoms with E-state index in [9.17, 15) is 24.1 Å². The Morgan fingerprint density at radius 2 is 1.94 bits per heavy atom. The number of carbonyl (C=O) groups excluding carboxylic acids is 1. The van der Waals surface area contributed by atoms with Crippen LogP contribution < -0.4 is 10.3 Å². The van der Waals surface area contributed by atoms with Gasteiger partial charge in [0, 0.05) is 18.3 Å². The second-order valence-corrected chi connectivity index (χ2v) is 7.44. The SMILES string of the molecule is Cc1ccnc(N2C(=O)c3oc4ccc(F)cc4c(=O)c3[C@@H]2c2cccc([N+](=O)[O-])c2)c1. The fraction of sp³-hybridized carbons (Fsp3) is 0.0870. The molecule has 0 unspecified atom stereocenters. The van der Waals surface area contributed by atoms with Gasteiger partial charge in [-0.25, -0.2) is 9.37 Å². The monoisotopic (exact) mass is 431 g/mol. The van der Waals surface area contributed by atoms with Crippen LogP contribution >= 0.6 is 0 Å². The van der Waals surface area contributed by atoms with Crippen LogP contribution in [0.4, 0.5) is 15.9 Å². The van der Waals surface area contributed by atoms with Crippen LogP contribution in [-0.2, 0) is 0 Å². The molecule has 32 heavy (non-hydrogen) atoms. The number of fused-ring (bicyclic) bond motifs is 2. The van der Waals surface area contributed by atoms with Gasteiger partial charge in [-0.05, 0) is 48.4 Å². The van der Waals surface area contributed by atoms with Crippen LogP contribution in [0.1, 0.15) is 33.3 Å². The highest BCUT2D eigenvalue weighted by Gasteiger charge is 2.44. The molecule has 1 aliphatic heterocycles. The highest BCUT2D eigenvalue weighted by Crippen LogP contribution is 2.41. The van der Waals surface area contributed by atoms with Crippen LogP contribution in [0.25, 0.3) is 11.0 Å². The van der Waals surface area contributed by atoms with Crippen molar-refractivity contribution in [3.8, 4) is 0 Å². The molecule has 1 amide bonds. The van der Waals surface area contributed by atoms with E-state index in [4.69, 9.17) is 4.42 Å². The first-order valence-electron chi connectivity index (χ1n) is 9.62. The zero-order valence-electron chi connectivity index (χ0n) is 16.6. The Balaban J connectivity index is 1.83. The number of non-ortho nitro benzene ring substituents is 1. The first-order valence-corrected chi connectivity index (χ1v) is 9.62. The minimum absolute atomic E-state index is 0.0168. The molecule has 2 aromatic heterocycles. The fourth-order valence-corrected chi connectivity index (χ4v) is 3.96. The molecule has 2 aromatic carbocycles. The zero-order chi connectivity index (χ0) is 22.6. The number of amides is 1. The Kier molecular flexibility index (Phi) is 4.33. The molecule has 1 aliphatic rings. The summed E-state index contributed by atoms with van der Waals surface area (Å²) in [6.07, 6.45) is 1.52. The number of aromatic nitrogens is 1. The van der Waals surface area contributed by atoms with Crippen molar-refractivity contribution in [3.63, 3.8) is 0 Å². The van der Waals surface area contributed by atoms with E-state index in [2.05, 4.69) is 4.98 Å². The average Bonchev–Trinajstić information content (AvgIpc) is 3.07. The number of aryl methyl sites for hydroxylation is 1. The standard InChI is InChI=1S/C23H14FN3O5/c1-12-7-8-25-18(9-12)26-20(13-3-2-4-15(10-13)27(30)31)19-21(28)16-11-14(24)5-6-17(16)32-22(19)23(26)29/h2-11,20H,1H3/t20-/m0/s1. The van der Waals surface area contributed by atoms with E-state index in [-0.39, 0.29) is 33.8 Å². The quantitative estimate of drug-likeness (QED) is 0.354. The molecule has 0 saturated heterocycles. The molecule has 8 nitrogen and oxygen atoms in total. The average molecular weight is 431 g/mol. The maximum absolute atomic E-state index is 13.9. The molecule has 0 N–H and O–H groups in total. The summed E-state index contributed by atoms with van der Waals surface area (Å²) >= 11 is 0. The largest absolute Gasteiger partial charge is 0.450 e. The number of hydrogen-bond donors (Lipinski definition) is 0. The number of hydrogen-bond acceptors (Lipinski definition) is 6. The van der Waals surface area contributed by atoms with Crippen molar-refractivity contribution in [3.05, 3.63) is 109 Å². The number of nitro benzene ring substituents is 1. The van der Waals surface area contributed by atoms with Gasteiger partial charge in [-0.15, -0.1) is 0 Å². The molecule has 158 valence electrons. The zero-order valence-corrected chi connectivity index (χ0v) is 16.6. The van der Waals surface area contributed by atoms with Crippen molar-refractivity contribution in [1.82, 2.24) is 4.98 Å². The Hall–Kier alpha value is -4.40. The number of nitro groups is 1. The second-order valence-electron chi connectivity index (χ2n) is 7.44. The Bertz CT molecular complexity index is 1500. The van der Waals surface area contributed by atoms with E-state index >= 15 is 0 Å². The van der Waals surface area contributed by atoms with E-state index < -0.39 is 28.1 Å². The Morgan fingerprint density at radius 1 is 1.12 bits per heavy atom. The summed E-state index contributed by atoms with van der Waals surface area (Å²) in [5, 5.41) is 11.3. The first-order chi connectivity index (χ1) is 15.3. The normalized spacial score (nSPS) is 15.2. The van der Waals surface area contributed by atoms with Gasteiger partial charge in [-0.1, -0.05) is 12.1 Å². The van der Waals surface area contributed by atoms with Gasteiger partial charge in [-0.2, -0.15) is 0 Å². The van der Waals surface area contributed by atoms with E-state index in [0.717, 1.165) is 17.7 Å². The van der Waals surface area contributed by atoms with E-state index in [0.29, 0.717) is 5.56 Å². The molecular formula is C23H14FN3O5. The van der Waals surface area contributed by atoms with Gasteiger partial charge < -0.3 is 4.42 Å². The Labute approximate surface area is 179 Å². The summed E-state index contributed by atoms with van der Waals surface area (Å²) in [6.45, 7) is 1.82. The highest BCUT2D eigenvalue weighted by atomic mass is 19.1. The minimum Gasteiger partial charge on any atom is -0.450 e. The van der Waals surface area contributed by atoms with Gasteiger partial charge in [-0.3, -0.25) is 24.6 Å². The van der Waals surface area contributed by atoms with E-state index in [1.165, 1.54) is 35.4 Å². The molecule has 5 rings (SSSR count). The van der Waals surface area contributed by atoms with Gasteiger partial charge in [0.15, 0.2) is 5.43 Å². The van der Waals surface area contributed by atoms with Crippen LogP contribution in [0.15, 0.2) is 70.0 Å². The lowest BCUT2D eigenvalue weighted by Crippen LogP contribution is -2.30. The van der Waals surface area contributed by atoms with E-state index in [1.807, 2.05) is 6.92 Å². The van der Waals surface area contributed by atoms with Crippen LogP contribution in [0.2, 0.25) is 0 Å². The number of rotatable bonds is 3. The number of anilines is 1.